The average molecular weight is 342 g/mol. The van der Waals surface area contributed by atoms with Crippen LogP contribution in [0.2, 0.25) is 0 Å². The first-order chi connectivity index (χ1) is 10.9. The second-order valence-electron chi connectivity index (χ2n) is 5.23. The van der Waals surface area contributed by atoms with Gasteiger partial charge in [0.05, 0.1) is 9.82 Å². The molecule has 0 aliphatic carbocycles. The van der Waals surface area contributed by atoms with Crippen LogP contribution in [-0.2, 0) is 14.8 Å². The van der Waals surface area contributed by atoms with E-state index in [9.17, 15) is 23.3 Å². The van der Waals surface area contributed by atoms with Crippen molar-refractivity contribution in [2.45, 2.75) is 11.3 Å². The summed E-state index contributed by atoms with van der Waals surface area (Å²) < 4.78 is 26.3. The summed E-state index contributed by atoms with van der Waals surface area (Å²) in [5.74, 6) is 0.194. The van der Waals surface area contributed by atoms with Gasteiger partial charge in [-0.15, -0.1) is 0 Å². The molecule has 1 aromatic rings. The second-order valence-corrected chi connectivity index (χ2v) is 7.00. The zero-order chi connectivity index (χ0) is 16.9. The molecule has 1 saturated heterocycles. The summed E-state index contributed by atoms with van der Waals surface area (Å²) in [4.78, 5) is 21.4. The van der Waals surface area contributed by atoms with Crippen molar-refractivity contribution in [3.63, 3.8) is 0 Å². The van der Waals surface area contributed by atoms with Crippen molar-refractivity contribution in [3.05, 3.63) is 34.4 Å². The van der Waals surface area contributed by atoms with E-state index in [1.54, 1.807) is 0 Å². The Labute approximate surface area is 133 Å². The van der Waals surface area contributed by atoms with Crippen LogP contribution in [0.4, 0.5) is 5.69 Å². The number of carbonyl (C=O) groups is 1. The van der Waals surface area contributed by atoms with Crippen LogP contribution in [0.25, 0.3) is 0 Å². The zero-order valence-corrected chi connectivity index (χ0v) is 13.1. The van der Waals surface area contributed by atoms with Crippen LogP contribution in [0.3, 0.4) is 0 Å². The minimum Gasteiger partial charge on any atom is -0.356 e. The molecule has 1 aromatic carbocycles. The number of amides is 1. The van der Waals surface area contributed by atoms with E-state index in [1.165, 1.54) is 18.2 Å². The van der Waals surface area contributed by atoms with Gasteiger partial charge in [0.15, 0.2) is 0 Å². The summed E-state index contributed by atoms with van der Waals surface area (Å²) in [6.07, 6.45) is 0.00824. The number of hydrogen-bond acceptors (Lipinski definition) is 6. The van der Waals surface area contributed by atoms with Gasteiger partial charge in [-0.1, -0.05) is 6.07 Å². The molecule has 0 bridgehead atoms. The predicted octanol–water partition coefficient (Wildman–Crippen LogP) is -0.401. The number of benzene rings is 1. The van der Waals surface area contributed by atoms with Gasteiger partial charge >= 0.3 is 0 Å². The first-order valence-electron chi connectivity index (χ1n) is 7.10. The van der Waals surface area contributed by atoms with Crippen LogP contribution in [0.15, 0.2) is 29.2 Å². The van der Waals surface area contributed by atoms with E-state index in [4.69, 9.17) is 0 Å². The number of hydrogen-bond donors (Lipinski definition) is 3. The van der Waals surface area contributed by atoms with Crippen LogP contribution in [0.1, 0.15) is 6.42 Å². The molecule has 0 aromatic heterocycles. The predicted molar refractivity (Wildman–Crippen MR) is 82.3 cm³/mol. The van der Waals surface area contributed by atoms with E-state index in [0.29, 0.717) is 12.5 Å². The van der Waals surface area contributed by atoms with Gasteiger partial charge in [0.2, 0.25) is 15.9 Å². The second kappa shape index (κ2) is 7.49. The third-order valence-corrected chi connectivity index (χ3v) is 4.90. The van der Waals surface area contributed by atoms with Crippen LogP contribution >= 0.6 is 0 Å². The van der Waals surface area contributed by atoms with Crippen molar-refractivity contribution in [2.75, 3.05) is 26.2 Å². The Morgan fingerprint density at radius 2 is 2.13 bits per heavy atom. The van der Waals surface area contributed by atoms with Gasteiger partial charge in [-0.25, -0.2) is 13.1 Å². The number of nitrogens with one attached hydrogen (secondary N) is 3. The Balaban J connectivity index is 1.82. The molecule has 1 amide bonds. The average Bonchev–Trinajstić information content (AvgIpc) is 2.45. The maximum Gasteiger partial charge on any atom is 0.270 e. The van der Waals surface area contributed by atoms with Gasteiger partial charge in [0.1, 0.15) is 0 Å². The van der Waals surface area contributed by atoms with Crippen LogP contribution < -0.4 is 15.4 Å². The number of nitro benzene ring substituents is 1. The third kappa shape index (κ3) is 4.98. The Bertz CT molecular complexity index is 687. The highest BCUT2D eigenvalue weighted by Crippen LogP contribution is 2.16. The van der Waals surface area contributed by atoms with E-state index in [-0.39, 0.29) is 29.5 Å². The molecule has 1 heterocycles. The summed E-state index contributed by atoms with van der Waals surface area (Å²) in [5, 5.41) is 16.5. The lowest BCUT2D eigenvalue weighted by atomic mass is 10.0. The molecule has 2 rings (SSSR count). The summed E-state index contributed by atoms with van der Waals surface area (Å²) in [5.41, 5.74) is -0.306. The number of non-ortho nitro benzene ring substituents is 1. The molecule has 0 unspecified atom stereocenters. The van der Waals surface area contributed by atoms with E-state index < -0.39 is 14.9 Å². The molecule has 10 heteroatoms. The number of sulfonamides is 1. The SMILES string of the molecule is O=C(CCNS(=O)(=O)c1cccc([N+](=O)[O-])c1)NCC1CNC1. The summed E-state index contributed by atoms with van der Waals surface area (Å²) in [6.45, 7) is 2.25. The molecule has 1 aliphatic heterocycles. The monoisotopic (exact) mass is 342 g/mol. The molecule has 1 fully saturated rings. The molecule has 0 spiro atoms. The van der Waals surface area contributed by atoms with Gasteiger partial charge in [-0.05, 0) is 6.07 Å². The molecule has 0 radical (unpaired) electrons. The molecular formula is C13H18N4O5S. The minimum absolute atomic E-state index is 0.00824. The first kappa shape index (κ1) is 17.3. The van der Waals surface area contributed by atoms with Crippen molar-refractivity contribution in [3.8, 4) is 0 Å². The molecule has 0 saturated carbocycles. The molecule has 23 heavy (non-hydrogen) atoms. The van der Waals surface area contributed by atoms with Gasteiger partial charge in [-0.3, -0.25) is 14.9 Å². The summed E-state index contributed by atoms with van der Waals surface area (Å²) >= 11 is 0. The Kier molecular flexibility index (Phi) is 5.64. The molecule has 3 N–H and O–H groups in total. The fourth-order valence-corrected chi connectivity index (χ4v) is 3.06. The summed E-state index contributed by atoms with van der Waals surface area (Å²) in [6, 6.07) is 4.75. The first-order valence-corrected chi connectivity index (χ1v) is 8.58. The van der Waals surface area contributed by atoms with Crippen LogP contribution in [0.5, 0.6) is 0 Å². The molecule has 0 atom stereocenters. The van der Waals surface area contributed by atoms with Crippen molar-refractivity contribution in [1.29, 1.82) is 0 Å². The van der Waals surface area contributed by atoms with Crippen molar-refractivity contribution < 1.29 is 18.1 Å². The fourth-order valence-electron chi connectivity index (χ4n) is 1.99. The smallest absolute Gasteiger partial charge is 0.270 e. The minimum atomic E-state index is -3.88. The maximum absolute atomic E-state index is 12.0. The van der Waals surface area contributed by atoms with Gasteiger partial charge < -0.3 is 10.6 Å². The van der Waals surface area contributed by atoms with Crippen molar-refractivity contribution in [1.82, 2.24) is 15.4 Å². The largest absolute Gasteiger partial charge is 0.356 e. The molecular weight excluding hydrogens is 324 g/mol. The fraction of sp³-hybridized carbons (Fsp3) is 0.462. The highest BCUT2D eigenvalue weighted by atomic mass is 32.2. The Morgan fingerprint density at radius 1 is 1.39 bits per heavy atom. The highest BCUT2D eigenvalue weighted by Gasteiger charge is 2.19. The molecule has 9 nitrogen and oxygen atoms in total. The maximum atomic E-state index is 12.0. The van der Waals surface area contributed by atoms with E-state index in [1.807, 2.05) is 0 Å². The number of nitrogens with zero attached hydrogens (tertiary/aromatic N) is 1. The Hall–Kier alpha value is -2.04. The van der Waals surface area contributed by atoms with Crippen molar-refractivity contribution >= 4 is 21.6 Å². The standard InChI is InChI=1S/C13H18N4O5S/c18-13(15-9-10-7-14-8-10)4-5-16-23(21,22)12-3-1-2-11(6-12)17(19)20/h1-3,6,10,14,16H,4-5,7-9H2,(H,15,18). The summed E-state index contributed by atoms with van der Waals surface area (Å²) in [7, 11) is -3.88. The van der Waals surface area contributed by atoms with Crippen LogP contribution in [0, 0.1) is 16.0 Å². The Morgan fingerprint density at radius 3 is 2.74 bits per heavy atom. The normalized spacial score (nSPS) is 15.0. The van der Waals surface area contributed by atoms with Gasteiger partial charge in [0, 0.05) is 50.7 Å². The lowest BCUT2D eigenvalue weighted by Crippen LogP contribution is -2.48. The molecule has 1 aliphatic rings. The van der Waals surface area contributed by atoms with E-state index >= 15 is 0 Å². The lowest BCUT2D eigenvalue weighted by Gasteiger charge is -2.27. The van der Waals surface area contributed by atoms with Gasteiger partial charge in [0.25, 0.3) is 5.69 Å². The highest BCUT2D eigenvalue weighted by molar-refractivity contribution is 7.89. The van der Waals surface area contributed by atoms with Gasteiger partial charge in [-0.2, -0.15) is 0 Å². The quantitative estimate of drug-likeness (QED) is 0.435. The van der Waals surface area contributed by atoms with E-state index in [0.717, 1.165) is 19.2 Å². The number of carbonyl (C=O) groups excluding carboxylic acids is 1. The van der Waals surface area contributed by atoms with E-state index in [2.05, 4.69) is 15.4 Å². The van der Waals surface area contributed by atoms with Crippen LogP contribution in [-0.4, -0.2) is 45.4 Å². The lowest BCUT2D eigenvalue weighted by molar-refractivity contribution is -0.385. The zero-order valence-electron chi connectivity index (χ0n) is 12.3. The topological polar surface area (TPSA) is 130 Å². The molecule has 126 valence electrons. The third-order valence-electron chi connectivity index (χ3n) is 3.44. The van der Waals surface area contributed by atoms with Crippen molar-refractivity contribution in [2.24, 2.45) is 5.92 Å². The number of rotatable bonds is 8. The number of nitro groups is 1.